The molecule has 1 aliphatic heterocycles. The Labute approximate surface area is 176 Å². The van der Waals surface area contributed by atoms with Gasteiger partial charge in [-0.15, -0.1) is 11.3 Å². The summed E-state index contributed by atoms with van der Waals surface area (Å²) in [6.07, 6.45) is 6.49. The summed E-state index contributed by atoms with van der Waals surface area (Å²) in [5, 5.41) is 0.702. The van der Waals surface area contributed by atoms with Crippen molar-refractivity contribution in [3.05, 3.63) is 81.9 Å². The zero-order chi connectivity index (χ0) is 20.1. The van der Waals surface area contributed by atoms with Crippen molar-refractivity contribution < 1.29 is 4.74 Å². The van der Waals surface area contributed by atoms with Gasteiger partial charge in [0.1, 0.15) is 12.4 Å². The van der Waals surface area contributed by atoms with Gasteiger partial charge in [-0.25, -0.2) is 4.98 Å². The third-order valence-electron chi connectivity index (χ3n) is 5.34. The maximum Gasteiger partial charge on any atom is 0.180 e. The van der Waals surface area contributed by atoms with Crippen LogP contribution in [0.25, 0.3) is 6.08 Å². The second-order valence-corrected chi connectivity index (χ2v) is 8.48. The van der Waals surface area contributed by atoms with Crippen molar-refractivity contribution in [2.75, 3.05) is 25.4 Å². The topological polar surface area (TPSA) is 51.4 Å². The van der Waals surface area contributed by atoms with Crippen LogP contribution in [-0.2, 0) is 19.4 Å². The van der Waals surface area contributed by atoms with Gasteiger partial charge in [0.25, 0.3) is 0 Å². The van der Waals surface area contributed by atoms with Crippen molar-refractivity contribution in [1.29, 1.82) is 0 Å². The second-order valence-electron chi connectivity index (χ2n) is 7.37. The number of aromatic nitrogens is 1. The number of nitrogens with zero attached hydrogens (tertiary/aromatic N) is 2. The third-order valence-corrected chi connectivity index (χ3v) is 6.33. The Morgan fingerprint density at radius 2 is 1.93 bits per heavy atom. The van der Waals surface area contributed by atoms with Crippen LogP contribution >= 0.6 is 11.3 Å². The fourth-order valence-electron chi connectivity index (χ4n) is 3.64. The molecule has 2 aromatic carbocycles. The molecule has 4 nitrogen and oxygen atoms in total. The molecule has 0 atom stereocenters. The zero-order valence-corrected chi connectivity index (χ0v) is 17.6. The average Bonchev–Trinajstić information content (AvgIpc) is 2.99. The maximum atomic E-state index is 6.05. The lowest BCUT2D eigenvalue weighted by Gasteiger charge is -2.17. The molecule has 0 saturated carbocycles. The van der Waals surface area contributed by atoms with Crippen molar-refractivity contribution in [2.45, 2.75) is 26.4 Å². The summed E-state index contributed by atoms with van der Waals surface area (Å²) in [6.45, 7) is 5.74. The molecule has 2 heterocycles. The number of fused-ring (bicyclic) bond motifs is 1. The van der Waals surface area contributed by atoms with E-state index in [1.807, 2.05) is 24.3 Å². The first-order valence-electron chi connectivity index (χ1n) is 10.1. The Morgan fingerprint density at radius 1 is 1.10 bits per heavy atom. The van der Waals surface area contributed by atoms with E-state index in [0.29, 0.717) is 11.7 Å². The van der Waals surface area contributed by atoms with Crippen LogP contribution in [0.5, 0.6) is 5.75 Å². The molecule has 4 rings (SSSR count). The smallest absolute Gasteiger partial charge is 0.180 e. The van der Waals surface area contributed by atoms with Gasteiger partial charge in [-0.1, -0.05) is 54.6 Å². The quantitative estimate of drug-likeness (QED) is 0.644. The summed E-state index contributed by atoms with van der Waals surface area (Å²) in [5.41, 5.74) is 10.6. The highest BCUT2D eigenvalue weighted by atomic mass is 32.1. The average molecular weight is 406 g/mol. The first-order valence-corrected chi connectivity index (χ1v) is 10.9. The normalized spacial score (nSPS) is 14.7. The van der Waals surface area contributed by atoms with Crippen LogP contribution in [0.4, 0.5) is 5.13 Å². The number of hydrogen-bond donors (Lipinski definition) is 1. The van der Waals surface area contributed by atoms with E-state index in [-0.39, 0.29) is 0 Å². The molecule has 2 N–H and O–H groups in total. The van der Waals surface area contributed by atoms with Crippen molar-refractivity contribution >= 4 is 22.5 Å². The number of ether oxygens (including phenoxy) is 1. The van der Waals surface area contributed by atoms with Crippen LogP contribution in [0, 0.1) is 6.92 Å². The van der Waals surface area contributed by atoms with Crippen LogP contribution in [0.3, 0.4) is 0 Å². The molecule has 0 radical (unpaired) electrons. The van der Waals surface area contributed by atoms with Crippen molar-refractivity contribution in [2.24, 2.45) is 0 Å². The molecule has 0 aliphatic carbocycles. The molecular weight excluding hydrogens is 378 g/mol. The van der Waals surface area contributed by atoms with Crippen molar-refractivity contribution in [3.8, 4) is 5.75 Å². The van der Waals surface area contributed by atoms with E-state index in [1.54, 1.807) is 11.3 Å². The summed E-state index contributed by atoms with van der Waals surface area (Å²) in [7, 11) is 0. The molecule has 0 saturated heterocycles. The van der Waals surface area contributed by atoms with E-state index >= 15 is 0 Å². The Hall–Kier alpha value is -2.63. The number of anilines is 1. The van der Waals surface area contributed by atoms with Crippen molar-refractivity contribution in [3.63, 3.8) is 0 Å². The van der Waals surface area contributed by atoms with E-state index in [4.69, 9.17) is 10.5 Å². The molecule has 3 aromatic rings. The lowest BCUT2D eigenvalue weighted by Crippen LogP contribution is -2.26. The fraction of sp³-hybridized carbons (Fsp3) is 0.292. The summed E-state index contributed by atoms with van der Waals surface area (Å²) >= 11 is 1.64. The molecule has 0 amide bonds. The maximum absolute atomic E-state index is 6.05. The minimum Gasteiger partial charge on any atom is -0.489 e. The van der Waals surface area contributed by atoms with E-state index in [2.05, 4.69) is 53.2 Å². The van der Waals surface area contributed by atoms with Crippen LogP contribution in [-0.4, -0.2) is 29.5 Å². The van der Waals surface area contributed by atoms with Gasteiger partial charge in [0.15, 0.2) is 5.13 Å². The highest BCUT2D eigenvalue weighted by Gasteiger charge is 2.16. The van der Waals surface area contributed by atoms with Gasteiger partial charge in [0.2, 0.25) is 0 Å². The molecule has 0 spiro atoms. The van der Waals surface area contributed by atoms with Gasteiger partial charge in [0, 0.05) is 30.9 Å². The second kappa shape index (κ2) is 9.25. The predicted octanol–water partition coefficient (Wildman–Crippen LogP) is 4.73. The van der Waals surface area contributed by atoms with E-state index in [9.17, 15) is 0 Å². The summed E-state index contributed by atoms with van der Waals surface area (Å²) in [6, 6.07) is 16.5. The molecule has 0 unspecified atom stereocenters. The number of nitrogen functional groups attached to an aromatic ring is 1. The van der Waals surface area contributed by atoms with E-state index in [0.717, 1.165) is 38.2 Å². The van der Waals surface area contributed by atoms with Gasteiger partial charge in [0.05, 0.1) is 5.69 Å². The largest absolute Gasteiger partial charge is 0.489 e. The van der Waals surface area contributed by atoms with Gasteiger partial charge in [-0.2, -0.15) is 0 Å². The standard InChI is InChI=1S/C24H27N3OS/c1-18-20(9-5-11-22(18)28-17-19-7-3-2-4-8-19)10-6-14-27-15-12-21-23(13-16-27)29-24(25)26-21/h2-11H,12-17H2,1H3,(H2,25,26). The number of benzene rings is 2. The van der Waals surface area contributed by atoms with E-state index in [1.165, 1.54) is 27.3 Å². The number of rotatable bonds is 6. The molecule has 0 bridgehead atoms. The van der Waals surface area contributed by atoms with Gasteiger partial charge in [-0.05, 0) is 36.1 Å². The Kier molecular flexibility index (Phi) is 6.27. The highest BCUT2D eigenvalue weighted by molar-refractivity contribution is 7.15. The molecule has 150 valence electrons. The highest BCUT2D eigenvalue weighted by Crippen LogP contribution is 2.25. The molecular formula is C24H27N3OS. The Bertz CT molecular complexity index is 956. The molecule has 29 heavy (non-hydrogen) atoms. The first-order chi connectivity index (χ1) is 14.2. The fourth-order valence-corrected chi connectivity index (χ4v) is 4.51. The Morgan fingerprint density at radius 3 is 2.79 bits per heavy atom. The lowest BCUT2D eigenvalue weighted by molar-refractivity contribution is 0.304. The van der Waals surface area contributed by atoms with Crippen LogP contribution in [0.15, 0.2) is 54.6 Å². The van der Waals surface area contributed by atoms with Crippen LogP contribution < -0.4 is 10.5 Å². The summed E-state index contributed by atoms with van der Waals surface area (Å²) in [5.74, 6) is 0.943. The van der Waals surface area contributed by atoms with Gasteiger partial charge in [-0.3, -0.25) is 4.90 Å². The van der Waals surface area contributed by atoms with Crippen LogP contribution in [0.1, 0.15) is 27.3 Å². The lowest BCUT2D eigenvalue weighted by atomic mass is 10.1. The van der Waals surface area contributed by atoms with E-state index < -0.39 is 0 Å². The minimum atomic E-state index is 0.589. The Balaban J connectivity index is 1.34. The third kappa shape index (κ3) is 5.05. The zero-order valence-electron chi connectivity index (χ0n) is 16.8. The summed E-state index contributed by atoms with van der Waals surface area (Å²) < 4.78 is 6.05. The number of thiazole rings is 1. The van der Waals surface area contributed by atoms with Crippen molar-refractivity contribution in [1.82, 2.24) is 9.88 Å². The van der Waals surface area contributed by atoms with Gasteiger partial charge < -0.3 is 10.5 Å². The molecule has 5 heteroatoms. The molecule has 1 aromatic heterocycles. The van der Waals surface area contributed by atoms with Crippen LogP contribution in [0.2, 0.25) is 0 Å². The monoisotopic (exact) mass is 405 g/mol. The number of nitrogens with two attached hydrogens (primary N) is 1. The SMILES string of the molecule is Cc1c(C=CCN2CCc3nc(N)sc3CC2)cccc1OCc1ccccc1. The van der Waals surface area contributed by atoms with Gasteiger partial charge >= 0.3 is 0 Å². The molecule has 1 aliphatic rings. The minimum absolute atomic E-state index is 0.589. The summed E-state index contributed by atoms with van der Waals surface area (Å²) in [4.78, 5) is 8.30. The molecule has 0 fully saturated rings. The first kappa shape index (κ1) is 19.7. The predicted molar refractivity (Wildman–Crippen MR) is 121 cm³/mol. The number of hydrogen-bond acceptors (Lipinski definition) is 5.